The largest absolute Gasteiger partial charge is 0.204 e. The average molecular weight is 227 g/mol. The van der Waals surface area contributed by atoms with Crippen molar-refractivity contribution in [2.45, 2.75) is 26.3 Å². The summed E-state index contributed by atoms with van der Waals surface area (Å²) in [4.78, 5) is 1.60. The molecule has 0 amide bonds. The summed E-state index contributed by atoms with van der Waals surface area (Å²) in [6.45, 7) is 2.85. The molecular weight excluding hydrogens is 214 g/mol. The highest BCUT2D eigenvalue weighted by atomic mass is 15.6. The third kappa shape index (κ3) is 2.67. The van der Waals surface area contributed by atoms with Gasteiger partial charge in [-0.1, -0.05) is 31.2 Å². The van der Waals surface area contributed by atoms with Crippen molar-refractivity contribution >= 4 is 0 Å². The second-order valence-corrected chi connectivity index (χ2v) is 3.74. The van der Waals surface area contributed by atoms with Crippen LogP contribution in [0.4, 0.5) is 0 Å². The summed E-state index contributed by atoms with van der Waals surface area (Å²) in [6, 6.07) is 9.78. The summed E-state index contributed by atoms with van der Waals surface area (Å²) in [5.41, 5.74) is 1.92. The number of nitriles is 1. The topological polar surface area (TPSA) is 67.4 Å². The second-order valence-electron chi connectivity index (χ2n) is 3.74. The van der Waals surface area contributed by atoms with Crippen LogP contribution in [0.1, 0.15) is 18.9 Å². The summed E-state index contributed by atoms with van der Waals surface area (Å²) in [5.74, 6) is 0.627. The second kappa shape index (κ2) is 5.21. The molecule has 0 N–H and O–H groups in total. The van der Waals surface area contributed by atoms with Gasteiger partial charge in [-0.3, -0.25) is 0 Å². The fourth-order valence-corrected chi connectivity index (χ4v) is 1.52. The number of nitrogens with zero attached hydrogens (tertiary/aromatic N) is 5. The Hall–Kier alpha value is -2.22. The van der Waals surface area contributed by atoms with Crippen LogP contribution in [0.3, 0.4) is 0 Å². The minimum absolute atomic E-state index is 0.427. The first kappa shape index (κ1) is 11.3. The Morgan fingerprint density at radius 1 is 1.29 bits per heavy atom. The zero-order chi connectivity index (χ0) is 12.1. The van der Waals surface area contributed by atoms with Gasteiger partial charge in [-0.05, 0) is 17.2 Å². The molecule has 0 fully saturated rings. The van der Waals surface area contributed by atoms with Crippen LogP contribution in [0.15, 0.2) is 24.3 Å². The molecular formula is C12H13N5. The van der Waals surface area contributed by atoms with E-state index < -0.39 is 0 Å². The van der Waals surface area contributed by atoms with E-state index in [0.717, 1.165) is 24.1 Å². The van der Waals surface area contributed by atoms with Crippen molar-refractivity contribution in [3.63, 3.8) is 0 Å². The number of rotatable bonds is 4. The Labute approximate surface area is 99.7 Å². The molecule has 5 heteroatoms. The molecule has 86 valence electrons. The SMILES string of the molecule is CCCn1nnc(-c2ccc(CC#N)cc2)n1. The van der Waals surface area contributed by atoms with Crippen LogP contribution in [0.25, 0.3) is 11.4 Å². The lowest BCUT2D eigenvalue weighted by Crippen LogP contribution is -2.00. The van der Waals surface area contributed by atoms with Crippen LogP contribution in [0.2, 0.25) is 0 Å². The quantitative estimate of drug-likeness (QED) is 0.799. The van der Waals surface area contributed by atoms with E-state index in [9.17, 15) is 0 Å². The Morgan fingerprint density at radius 2 is 2.06 bits per heavy atom. The smallest absolute Gasteiger partial charge is 0.198 e. The highest BCUT2D eigenvalue weighted by Crippen LogP contribution is 2.14. The van der Waals surface area contributed by atoms with Gasteiger partial charge < -0.3 is 0 Å². The third-order valence-electron chi connectivity index (χ3n) is 2.37. The maximum atomic E-state index is 8.58. The van der Waals surface area contributed by atoms with Crippen LogP contribution in [0, 0.1) is 11.3 Å². The van der Waals surface area contributed by atoms with Crippen molar-refractivity contribution in [2.75, 3.05) is 0 Å². The predicted octanol–water partition coefficient (Wildman–Crippen LogP) is 1.82. The molecule has 0 radical (unpaired) electrons. The first-order valence-electron chi connectivity index (χ1n) is 5.57. The summed E-state index contributed by atoms with van der Waals surface area (Å²) in [7, 11) is 0. The lowest BCUT2D eigenvalue weighted by atomic mass is 10.1. The van der Waals surface area contributed by atoms with E-state index in [0.29, 0.717) is 12.2 Å². The highest BCUT2D eigenvalue weighted by Gasteiger charge is 2.05. The minimum atomic E-state index is 0.427. The van der Waals surface area contributed by atoms with Gasteiger partial charge in [-0.2, -0.15) is 10.1 Å². The van der Waals surface area contributed by atoms with Crippen LogP contribution in [-0.4, -0.2) is 20.2 Å². The molecule has 0 saturated carbocycles. The van der Waals surface area contributed by atoms with Crippen molar-refractivity contribution in [2.24, 2.45) is 0 Å². The molecule has 2 aromatic rings. The van der Waals surface area contributed by atoms with Crippen molar-refractivity contribution in [3.05, 3.63) is 29.8 Å². The molecule has 0 aliphatic heterocycles. The van der Waals surface area contributed by atoms with E-state index in [1.54, 1.807) is 4.80 Å². The van der Waals surface area contributed by atoms with E-state index in [1.807, 2.05) is 24.3 Å². The molecule has 0 unspecified atom stereocenters. The van der Waals surface area contributed by atoms with Gasteiger partial charge in [0.15, 0.2) is 0 Å². The Morgan fingerprint density at radius 3 is 2.71 bits per heavy atom. The maximum Gasteiger partial charge on any atom is 0.204 e. The molecule has 17 heavy (non-hydrogen) atoms. The van der Waals surface area contributed by atoms with E-state index in [4.69, 9.17) is 5.26 Å². The molecule has 1 aromatic heterocycles. The van der Waals surface area contributed by atoms with Crippen molar-refractivity contribution < 1.29 is 0 Å². The minimum Gasteiger partial charge on any atom is -0.198 e. The third-order valence-corrected chi connectivity index (χ3v) is 2.37. The fraction of sp³-hybridized carbons (Fsp3) is 0.333. The highest BCUT2D eigenvalue weighted by molar-refractivity contribution is 5.54. The molecule has 1 aromatic carbocycles. The van der Waals surface area contributed by atoms with Crippen molar-refractivity contribution in [3.8, 4) is 17.5 Å². The first-order chi connectivity index (χ1) is 8.33. The van der Waals surface area contributed by atoms with Crippen molar-refractivity contribution in [1.82, 2.24) is 20.2 Å². The van der Waals surface area contributed by atoms with E-state index in [-0.39, 0.29) is 0 Å². The summed E-state index contributed by atoms with van der Waals surface area (Å²) in [5, 5.41) is 20.8. The standard InChI is InChI=1S/C12H13N5/c1-2-9-17-15-12(14-16-17)11-5-3-10(4-6-11)7-8-13/h3-6H,2,7,9H2,1H3. The summed E-state index contributed by atoms with van der Waals surface area (Å²) in [6.07, 6.45) is 1.41. The first-order valence-corrected chi connectivity index (χ1v) is 5.57. The molecule has 0 spiro atoms. The fourth-order valence-electron chi connectivity index (χ4n) is 1.52. The van der Waals surface area contributed by atoms with Crippen LogP contribution >= 0.6 is 0 Å². The monoisotopic (exact) mass is 227 g/mol. The number of hydrogen-bond acceptors (Lipinski definition) is 4. The summed E-state index contributed by atoms with van der Waals surface area (Å²) < 4.78 is 0. The number of aromatic nitrogens is 4. The molecule has 0 aliphatic rings. The molecule has 5 nitrogen and oxygen atoms in total. The lowest BCUT2D eigenvalue weighted by molar-refractivity contribution is 0.515. The van der Waals surface area contributed by atoms with Crippen molar-refractivity contribution in [1.29, 1.82) is 5.26 Å². The van der Waals surface area contributed by atoms with Gasteiger partial charge in [0.1, 0.15) is 0 Å². The van der Waals surface area contributed by atoms with Gasteiger partial charge in [-0.15, -0.1) is 10.2 Å². The van der Waals surface area contributed by atoms with E-state index in [1.165, 1.54) is 0 Å². The van der Waals surface area contributed by atoms with Crippen LogP contribution in [-0.2, 0) is 13.0 Å². The van der Waals surface area contributed by atoms with Gasteiger partial charge in [0.25, 0.3) is 0 Å². The van der Waals surface area contributed by atoms with Gasteiger partial charge in [-0.25, -0.2) is 0 Å². The molecule has 0 atom stereocenters. The number of benzene rings is 1. The van der Waals surface area contributed by atoms with E-state index in [2.05, 4.69) is 28.4 Å². The molecule has 0 aliphatic carbocycles. The van der Waals surface area contributed by atoms with Gasteiger partial charge >= 0.3 is 0 Å². The Bertz CT molecular complexity index is 521. The van der Waals surface area contributed by atoms with Gasteiger partial charge in [0.2, 0.25) is 5.82 Å². The van der Waals surface area contributed by atoms with Gasteiger partial charge in [0.05, 0.1) is 19.0 Å². The zero-order valence-corrected chi connectivity index (χ0v) is 9.67. The lowest BCUT2D eigenvalue weighted by Gasteiger charge is -1.96. The number of hydrogen-bond donors (Lipinski definition) is 0. The normalized spacial score (nSPS) is 10.1. The Kier molecular flexibility index (Phi) is 3.46. The van der Waals surface area contributed by atoms with E-state index >= 15 is 0 Å². The summed E-state index contributed by atoms with van der Waals surface area (Å²) >= 11 is 0. The number of tetrazole rings is 1. The molecule has 0 bridgehead atoms. The zero-order valence-electron chi connectivity index (χ0n) is 9.67. The van der Waals surface area contributed by atoms with Gasteiger partial charge in [0, 0.05) is 5.56 Å². The number of aryl methyl sites for hydroxylation is 1. The molecule has 1 heterocycles. The van der Waals surface area contributed by atoms with Crippen LogP contribution in [0.5, 0.6) is 0 Å². The molecule has 0 saturated heterocycles. The Balaban J connectivity index is 2.18. The molecule has 2 rings (SSSR count). The predicted molar refractivity (Wildman–Crippen MR) is 62.9 cm³/mol. The maximum absolute atomic E-state index is 8.58. The average Bonchev–Trinajstić information content (AvgIpc) is 2.80. The van der Waals surface area contributed by atoms with Crippen LogP contribution < -0.4 is 0 Å².